The van der Waals surface area contributed by atoms with Gasteiger partial charge in [0.15, 0.2) is 0 Å². The van der Waals surface area contributed by atoms with Crippen LogP contribution < -0.4 is 10.5 Å². The highest BCUT2D eigenvalue weighted by atomic mass is 35.5. The van der Waals surface area contributed by atoms with E-state index in [1.807, 2.05) is 24.3 Å². The summed E-state index contributed by atoms with van der Waals surface area (Å²) in [5.41, 5.74) is 11.5. The summed E-state index contributed by atoms with van der Waals surface area (Å²) in [5, 5.41) is 0. The standard InChI is InChI=1S/C24H24ClNO/c25-16-15-23(19-7-3-1-4-8-19)24(20-9-5-2-6-10-20)21-11-13-22(14-12-21)27-18-17-26/h1-14H,15-18,26H2. The van der Waals surface area contributed by atoms with Crippen LogP contribution >= 0.6 is 11.6 Å². The van der Waals surface area contributed by atoms with Gasteiger partial charge in [0.05, 0.1) is 0 Å². The molecule has 0 amide bonds. The molecule has 3 heteroatoms. The number of nitrogens with two attached hydrogens (primary N) is 1. The molecule has 27 heavy (non-hydrogen) atoms. The van der Waals surface area contributed by atoms with Crippen LogP contribution in [0.3, 0.4) is 0 Å². The summed E-state index contributed by atoms with van der Waals surface area (Å²) in [6, 6.07) is 29.1. The molecule has 2 nitrogen and oxygen atoms in total. The molecule has 0 bridgehead atoms. The van der Waals surface area contributed by atoms with Gasteiger partial charge in [-0.25, -0.2) is 0 Å². The number of hydrogen-bond donors (Lipinski definition) is 1. The third-order valence-electron chi connectivity index (χ3n) is 4.36. The predicted octanol–water partition coefficient (Wildman–Crippen LogP) is 5.61. The molecule has 0 atom stereocenters. The number of allylic oxidation sites excluding steroid dienone is 1. The van der Waals surface area contributed by atoms with Gasteiger partial charge in [-0.15, -0.1) is 11.6 Å². The van der Waals surface area contributed by atoms with E-state index in [0.29, 0.717) is 19.0 Å². The van der Waals surface area contributed by atoms with Gasteiger partial charge < -0.3 is 10.5 Å². The van der Waals surface area contributed by atoms with Gasteiger partial charge in [0.2, 0.25) is 0 Å². The van der Waals surface area contributed by atoms with Gasteiger partial charge in [-0.05, 0) is 46.4 Å². The normalized spacial score (nSPS) is 11.8. The average molecular weight is 378 g/mol. The van der Waals surface area contributed by atoms with E-state index in [1.54, 1.807) is 0 Å². The first kappa shape index (κ1) is 19.2. The molecule has 3 aromatic rings. The summed E-state index contributed by atoms with van der Waals surface area (Å²) in [6.07, 6.45) is 0.793. The summed E-state index contributed by atoms with van der Waals surface area (Å²) < 4.78 is 5.63. The van der Waals surface area contributed by atoms with Crippen molar-refractivity contribution >= 4 is 22.7 Å². The number of halogens is 1. The second-order valence-electron chi connectivity index (χ2n) is 6.19. The van der Waals surface area contributed by atoms with Crippen LogP contribution in [0.15, 0.2) is 84.9 Å². The SMILES string of the molecule is NCCOc1ccc(C(=C(CCCl)c2ccccc2)c2ccccc2)cc1. The second-order valence-corrected chi connectivity index (χ2v) is 6.56. The Bertz CT molecular complexity index is 858. The molecule has 0 unspecified atom stereocenters. The van der Waals surface area contributed by atoms with Crippen molar-refractivity contribution < 1.29 is 4.74 Å². The Hall–Kier alpha value is -2.55. The zero-order chi connectivity index (χ0) is 18.9. The van der Waals surface area contributed by atoms with Gasteiger partial charge in [-0.1, -0.05) is 72.8 Å². The van der Waals surface area contributed by atoms with Crippen molar-refractivity contribution in [3.63, 3.8) is 0 Å². The minimum atomic E-state index is 0.505. The minimum Gasteiger partial charge on any atom is -0.492 e. The van der Waals surface area contributed by atoms with E-state index in [9.17, 15) is 0 Å². The summed E-state index contributed by atoms with van der Waals surface area (Å²) >= 11 is 6.18. The Morgan fingerprint density at radius 2 is 1.30 bits per heavy atom. The van der Waals surface area contributed by atoms with Crippen LogP contribution in [0.2, 0.25) is 0 Å². The van der Waals surface area contributed by atoms with E-state index in [2.05, 4.69) is 60.7 Å². The van der Waals surface area contributed by atoms with Crippen LogP contribution in [-0.2, 0) is 0 Å². The van der Waals surface area contributed by atoms with Crippen molar-refractivity contribution in [1.29, 1.82) is 0 Å². The number of benzene rings is 3. The first-order valence-corrected chi connectivity index (χ1v) is 9.70. The van der Waals surface area contributed by atoms with E-state index >= 15 is 0 Å². The quantitative estimate of drug-likeness (QED) is 0.409. The Balaban J connectivity index is 2.13. The second kappa shape index (κ2) is 9.96. The molecular formula is C24H24ClNO. The Morgan fingerprint density at radius 3 is 1.85 bits per heavy atom. The van der Waals surface area contributed by atoms with E-state index in [-0.39, 0.29) is 0 Å². The number of ether oxygens (including phenoxy) is 1. The molecule has 3 aromatic carbocycles. The Morgan fingerprint density at radius 1 is 0.741 bits per heavy atom. The van der Waals surface area contributed by atoms with Gasteiger partial charge >= 0.3 is 0 Å². The molecule has 2 N–H and O–H groups in total. The van der Waals surface area contributed by atoms with Crippen LogP contribution in [0.1, 0.15) is 23.1 Å². The van der Waals surface area contributed by atoms with Gasteiger partial charge in [0.25, 0.3) is 0 Å². The number of rotatable bonds is 8. The molecule has 0 aliphatic carbocycles. The van der Waals surface area contributed by atoms with Crippen LogP contribution in [-0.4, -0.2) is 19.0 Å². The van der Waals surface area contributed by atoms with Crippen molar-refractivity contribution in [3.8, 4) is 5.75 Å². The smallest absolute Gasteiger partial charge is 0.119 e. The molecule has 0 aliphatic heterocycles. The lowest BCUT2D eigenvalue weighted by Crippen LogP contribution is -2.10. The van der Waals surface area contributed by atoms with Crippen LogP contribution in [0.4, 0.5) is 0 Å². The molecule has 0 saturated carbocycles. The van der Waals surface area contributed by atoms with Crippen molar-refractivity contribution in [2.75, 3.05) is 19.0 Å². The van der Waals surface area contributed by atoms with Crippen molar-refractivity contribution in [2.24, 2.45) is 5.73 Å². The first-order chi connectivity index (χ1) is 13.3. The number of alkyl halides is 1. The Kier molecular flexibility index (Phi) is 7.09. The van der Waals surface area contributed by atoms with Crippen molar-refractivity contribution in [1.82, 2.24) is 0 Å². The fourth-order valence-electron chi connectivity index (χ4n) is 3.16. The maximum Gasteiger partial charge on any atom is 0.119 e. The fourth-order valence-corrected chi connectivity index (χ4v) is 3.35. The Labute approximate surface area is 166 Å². The van der Waals surface area contributed by atoms with Crippen molar-refractivity contribution in [3.05, 3.63) is 102 Å². The molecule has 0 heterocycles. The zero-order valence-corrected chi connectivity index (χ0v) is 16.0. The lowest BCUT2D eigenvalue weighted by atomic mass is 9.88. The van der Waals surface area contributed by atoms with Gasteiger partial charge in [0.1, 0.15) is 12.4 Å². The lowest BCUT2D eigenvalue weighted by Gasteiger charge is -2.17. The largest absolute Gasteiger partial charge is 0.492 e. The molecule has 0 radical (unpaired) electrons. The van der Waals surface area contributed by atoms with Crippen LogP contribution in [0.25, 0.3) is 11.1 Å². The third kappa shape index (κ3) is 5.00. The predicted molar refractivity (Wildman–Crippen MR) is 115 cm³/mol. The van der Waals surface area contributed by atoms with Gasteiger partial charge in [-0.3, -0.25) is 0 Å². The zero-order valence-electron chi connectivity index (χ0n) is 15.3. The third-order valence-corrected chi connectivity index (χ3v) is 4.55. The monoisotopic (exact) mass is 377 g/mol. The average Bonchev–Trinajstić information content (AvgIpc) is 2.74. The van der Waals surface area contributed by atoms with Crippen molar-refractivity contribution in [2.45, 2.75) is 6.42 Å². The van der Waals surface area contributed by atoms with E-state index < -0.39 is 0 Å². The summed E-state index contributed by atoms with van der Waals surface area (Å²) in [5.74, 6) is 1.40. The molecule has 0 spiro atoms. The number of hydrogen-bond acceptors (Lipinski definition) is 2. The van der Waals surface area contributed by atoms with Gasteiger partial charge in [0, 0.05) is 12.4 Å². The summed E-state index contributed by atoms with van der Waals surface area (Å²) in [7, 11) is 0. The highest BCUT2D eigenvalue weighted by Gasteiger charge is 2.14. The highest BCUT2D eigenvalue weighted by molar-refractivity contribution is 6.18. The van der Waals surface area contributed by atoms with Crippen LogP contribution in [0.5, 0.6) is 5.75 Å². The molecule has 0 saturated heterocycles. The maximum atomic E-state index is 6.18. The van der Waals surface area contributed by atoms with E-state index in [1.165, 1.54) is 22.3 Å². The lowest BCUT2D eigenvalue weighted by molar-refractivity contribution is 0.328. The highest BCUT2D eigenvalue weighted by Crippen LogP contribution is 2.35. The molecule has 138 valence electrons. The molecule has 0 aliphatic rings. The van der Waals surface area contributed by atoms with E-state index in [0.717, 1.165) is 17.7 Å². The first-order valence-electron chi connectivity index (χ1n) is 9.16. The van der Waals surface area contributed by atoms with Gasteiger partial charge in [-0.2, -0.15) is 0 Å². The molecular weight excluding hydrogens is 354 g/mol. The molecule has 0 aromatic heterocycles. The summed E-state index contributed by atoms with van der Waals surface area (Å²) in [4.78, 5) is 0. The topological polar surface area (TPSA) is 35.2 Å². The van der Waals surface area contributed by atoms with E-state index in [4.69, 9.17) is 22.1 Å². The van der Waals surface area contributed by atoms with Crippen LogP contribution in [0, 0.1) is 0 Å². The molecule has 0 fully saturated rings. The summed E-state index contributed by atoms with van der Waals surface area (Å²) in [6.45, 7) is 1.02. The maximum absolute atomic E-state index is 6.18. The minimum absolute atomic E-state index is 0.505. The molecule has 3 rings (SSSR count). The fraction of sp³-hybridized carbons (Fsp3) is 0.167.